The summed E-state index contributed by atoms with van der Waals surface area (Å²) >= 11 is 0. The Morgan fingerprint density at radius 3 is 2.78 bits per heavy atom. The quantitative estimate of drug-likeness (QED) is 0.820. The summed E-state index contributed by atoms with van der Waals surface area (Å²) in [4.78, 5) is 4.16. The molecule has 1 aromatic heterocycles. The van der Waals surface area contributed by atoms with Gasteiger partial charge in [0.15, 0.2) is 5.82 Å². The van der Waals surface area contributed by atoms with E-state index in [4.69, 9.17) is 4.52 Å². The molecule has 0 radical (unpaired) electrons. The minimum atomic E-state index is -3.29. The third-order valence-electron chi connectivity index (χ3n) is 3.50. The van der Waals surface area contributed by atoms with E-state index >= 15 is 0 Å². The van der Waals surface area contributed by atoms with Crippen LogP contribution in [0.3, 0.4) is 0 Å². The Morgan fingerprint density at radius 2 is 2.17 bits per heavy atom. The zero-order chi connectivity index (χ0) is 12.8. The fourth-order valence-corrected chi connectivity index (χ4v) is 3.72. The Morgan fingerprint density at radius 1 is 1.39 bits per heavy atom. The largest absolute Gasteiger partial charge is 0.339 e. The third-order valence-corrected chi connectivity index (χ3v) is 5.24. The summed E-state index contributed by atoms with van der Waals surface area (Å²) in [6.07, 6.45) is 3.06. The van der Waals surface area contributed by atoms with Crippen molar-refractivity contribution in [3.05, 3.63) is 11.7 Å². The van der Waals surface area contributed by atoms with Crippen molar-refractivity contribution in [1.82, 2.24) is 14.4 Å². The highest BCUT2D eigenvalue weighted by Crippen LogP contribution is 2.38. The lowest BCUT2D eigenvalue weighted by Crippen LogP contribution is -2.30. The number of rotatable bonds is 4. The van der Waals surface area contributed by atoms with Gasteiger partial charge in [-0.25, -0.2) is 12.7 Å². The molecular formula is C11H17N3O3S. The molecule has 1 aliphatic heterocycles. The van der Waals surface area contributed by atoms with Crippen molar-refractivity contribution in [2.75, 3.05) is 13.1 Å². The highest BCUT2D eigenvalue weighted by Gasteiger charge is 2.33. The van der Waals surface area contributed by atoms with E-state index in [0.717, 1.165) is 19.3 Å². The first-order chi connectivity index (χ1) is 8.54. The van der Waals surface area contributed by atoms with Crippen molar-refractivity contribution < 1.29 is 12.9 Å². The van der Waals surface area contributed by atoms with Crippen LogP contribution in [0.25, 0.3) is 0 Å². The van der Waals surface area contributed by atoms with Crippen molar-refractivity contribution in [2.45, 2.75) is 37.9 Å². The first-order valence-electron chi connectivity index (χ1n) is 6.35. The molecule has 0 bridgehead atoms. The molecule has 0 amide bonds. The van der Waals surface area contributed by atoms with Gasteiger partial charge in [0.1, 0.15) is 5.75 Å². The lowest BCUT2D eigenvalue weighted by atomic mass is 10.2. The highest BCUT2D eigenvalue weighted by atomic mass is 32.2. The van der Waals surface area contributed by atoms with Crippen LogP contribution in [0.4, 0.5) is 0 Å². The van der Waals surface area contributed by atoms with Crippen molar-refractivity contribution in [2.24, 2.45) is 5.92 Å². The molecule has 1 saturated heterocycles. The predicted molar refractivity (Wildman–Crippen MR) is 64.3 cm³/mol. The van der Waals surface area contributed by atoms with Crippen molar-refractivity contribution in [1.29, 1.82) is 0 Å². The minimum Gasteiger partial charge on any atom is -0.339 e. The third kappa shape index (κ3) is 2.42. The molecule has 7 heteroatoms. The van der Waals surface area contributed by atoms with Crippen LogP contribution in [0, 0.1) is 5.92 Å². The van der Waals surface area contributed by atoms with E-state index in [-0.39, 0.29) is 11.6 Å². The van der Waals surface area contributed by atoms with E-state index < -0.39 is 10.0 Å². The van der Waals surface area contributed by atoms with Gasteiger partial charge in [-0.1, -0.05) is 12.1 Å². The average Bonchev–Trinajstić information content (AvgIpc) is 2.89. The maximum atomic E-state index is 12.1. The molecule has 1 saturated carbocycles. The molecule has 3 rings (SSSR count). The van der Waals surface area contributed by atoms with E-state index in [1.165, 1.54) is 4.31 Å². The van der Waals surface area contributed by atoms with Crippen LogP contribution in [0.5, 0.6) is 0 Å². The first-order valence-corrected chi connectivity index (χ1v) is 7.96. The number of aromatic nitrogens is 2. The molecule has 2 aliphatic rings. The van der Waals surface area contributed by atoms with Gasteiger partial charge in [-0.15, -0.1) is 0 Å². The van der Waals surface area contributed by atoms with Gasteiger partial charge in [-0.05, 0) is 25.2 Å². The van der Waals surface area contributed by atoms with Gasteiger partial charge in [0.2, 0.25) is 15.9 Å². The summed E-state index contributed by atoms with van der Waals surface area (Å²) in [6, 6.07) is 0. The Bertz CT molecular complexity index is 535. The predicted octanol–water partition coefficient (Wildman–Crippen LogP) is 1.12. The first kappa shape index (κ1) is 12.1. The molecule has 6 nitrogen and oxygen atoms in total. The number of hydrogen-bond donors (Lipinski definition) is 0. The molecule has 100 valence electrons. The SMILES string of the molecule is CC1CCN(S(=O)(=O)Cc2noc(C3CC3)n2)C1. The van der Waals surface area contributed by atoms with E-state index in [2.05, 4.69) is 17.1 Å². The van der Waals surface area contributed by atoms with Crippen LogP contribution < -0.4 is 0 Å². The highest BCUT2D eigenvalue weighted by molar-refractivity contribution is 7.88. The van der Waals surface area contributed by atoms with Gasteiger partial charge < -0.3 is 4.52 Å². The van der Waals surface area contributed by atoms with Gasteiger partial charge in [0.05, 0.1) is 0 Å². The summed E-state index contributed by atoms with van der Waals surface area (Å²) in [5, 5.41) is 3.76. The Balaban J connectivity index is 1.70. The smallest absolute Gasteiger partial charge is 0.229 e. The topological polar surface area (TPSA) is 76.3 Å². The van der Waals surface area contributed by atoms with E-state index in [0.29, 0.717) is 30.8 Å². The Hall–Kier alpha value is -0.950. The lowest BCUT2D eigenvalue weighted by molar-refractivity contribution is 0.374. The summed E-state index contributed by atoms with van der Waals surface area (Å²) in [5.74, 6) is 1.54. The van der Waals surface area contributed by atoms with Gasteiger partial charge in [-0.2, -0.15) is 4.98 Å². The Kier molecular flexibility index (Phi) is 2.90. The van der Waals surface area contributed by atoms with Crippen LogP contribution >= 0.6 is 0 Å². The molecule has 0 aromatic carbocycles. The molecule has 1 aliphatic carbocycles. The molecule has 0 N–H and O–H groups in total. The van der Waals surface area contributed by atoms with Crippen LogP contribution in [0.2, 0.25) is 0 Å². The molecular weight excluding hydrogens is 254 g/mol. The maximum Gasteiger partial charge on any atom is 0.229 e. The molecule has 1 atom stereocenters. The van der Waals surface area contributed by atoms with Crippen molar-refractivity contribution >= 4 is 10.0 Å². The molecule has 18 heavy (non-hydrogen) atoms. The second-order valence-corrected chi connectivity index (χ2v) is 7.30. The Labute approximate surface area is 106 Å². The number of sulfonamides is 1. The molecule has 0 spiro atoms. The fraction of sp³-hybridized carbons (Fsp3) is 0.818. The monoisotopic (exact) mass is 271 g/mol. The summed E-state index contributed by atoms with van der Waals surface area (Å²) in [5.41, 5.74) is 0. The summed E-state index contributed by atoms with van der Waals surface area (Å²) in [7, 11) is -3.29. The van der Waals surface area contributed by atoms with Crippen LogP contribution in [-0.2, 0) is 15.8 Å². The molecule has 2 fully saturated rings. The van der Waals surface area contributed by atoms with E-state index in [1.807, 2.05) is 0 Å². The van der Waals surface area contributed by atoms with Gasteiger partial charge >= 0.3 is 0 Å². The lowest BCUT2D eigenvalue weighted by Gasteiger charge is -2.14. The van der Waals surface area contributed by atoms with Crippen LogP contribution in [-0.4, -0.2) is 36.0 Å². The zero-order valence-electron chi connectivity index (χ0n) is 10.4. The number of hydrogen-bond acceptors (Lipinski definition) is 5. The number of nitrogens with zero attached hydrogens (tertiary/aromatic N) is 3. The summed E-state index contributed by atoms with van der Waals surface area (Å²) in [6.45, 7) is 3.28. The van der Waals surface area contributed by atoms with Gasteiger partial charge in [-0.3, -0.25) is 0 Å². The molecule has 1 aromatic rings. The maximum absolute atomic E-state index is 12.1. The normalized spacial score (nSPS) is 25.7. The fourth-order valence-electron chi connectivity index (χ4n) is 2.22. The molecule has 2 heterocycles. The zero-order valence-corrected chi connectivity index (χ0v) is 11.2. The van der Waals surface area contributed by atoms with E-state index in [9.17, 15) is 8.42 Å². The average molecular weight is 271 g/mol. The van der Waals surface area contributed by atoms with Crippen molar-refractivity contribution in [3.63, 3.8) is 0 Å². The second kappa shape index (κ2) is 4.31. The van der Waals surface area contributed by atoms with Crippen molar-refractivity contribution in [3.8, 4) is 0 Å². The minimum absolute atomic E-state index is 0.143. The van der Waals surface area contributed by atoms with Gasteiger partial charge in [0.25, 0.3) is 0 Å². The summed E-state index contributed by atoms with van der Waals surface area (Å²) < 4.78 is 30.9. The molecule has 1 unspecified atom stereocenters. The standard InChI is InChI=1S/C11H17N3O3S/c1-8-4-5-14(6-8)18(15,16)7-10-12-11(17-13-10)9-2-3-9/h8-9H,2-7H2,1H3. The van der Waals surface area contributed by atoms with E-state index in [1.54, 1.807) is 0 Å². The van der Waals surface area contributed by atoms with Gasteiger partial charge in [0, 0.05) is 19.0 Å². The van der Waals surface area contributed by atoms with Crippen LogP contribution in [0.1, 0.15) is 43.8 Å². The van der Waals surface area contributed by atoms with Crippen LogP contribution in [0.15, 0.2) is 4.52 Å². The second-order valence-electron chi connectivity index (χ2n) is 5.33.